The number of benzene rings is 1. The molecule has 0 spiro atoms. The fraction of sp³-hybridized carbons (Fsp3) is 0.0909. The largest absolute Gasteiger partial charge is 0.339 e. The number of halogens is 2. The maximum absolute atomic E-state index is 11.4. The number of aromatic nitrogens is 2. The van der Waals surface area contributed by atoms with Gasteiger partial charge in [-0.3, -0.25) is 4.79 Å². The lowest BCUT2D eigenvalue weighted by atomic mass is 10.2. The third kappa shape index (κ3) is 2.86. The van der Waals surface area contributed by atoms with E-state index in [9.17, 15) is 4.79 Å². The van der Waals surface area contributed by atoms with Crippen LogP contribution in [0.1, 0.15) is 5.56 Å². The number of rotatable bonds is 2. The van der Waals surface area contributed by atoms with Crippen molar-refractivity contribution < 1.29 is 0 Å². The van der Waals surface area contributed by atoms with E-state index in [4.69, 9.17) is 0 Å². The molecule has 17 heavy (non-hydrogen) atoms. The van der Waals surface area contributed by atoms with Crippen LogP contribution in [0.3, 0.4) is 0 Å². The highest BCUT2D eigenvalue weighted by Crippen LogP contribution is 2.23. The van der Waals surface area contributed by atoms with E-state index in [1.165, 1.54) is 6.33 Å². The smallest absolute Gasteiger partial charge is 0.266 e. The lowest BCUT2D eigenvalue weighted by Gasteiger charge is -2.09. The number of H-pyrrole nitrogens is 1. The molecule has 0 atom stereocenters. The van der Waals surface area contributed by atoms with Crippen molar-refractivity contribution in [2.45, 2.75) is 6.92 Å². The van der Waals surface area contributed by atoms with E-state index in [2.05, 4.69) is 31.2 Å². The van der Waals surface area contributed by atoms with Crippen LogP contribution in [0.4, 0.5) is 11.5 Å². The molecule has 0 fully saturated rings. The summed E-state index contributed by atoms with van der Waals surface area (Å²) in [6.45, 7) is 1.99. The number of aryl methyl sites for hydroxylation is 1. The molecule has 1 heterocycles. The van der Waals surface area contributed by atoms with Crippen LogP contribution < -0.4 is 10.9 Å². The van der Waals surface area contributed by atoms with E-state index < -0.39 is 0 Å². The van der Waals surface area contributed by atoms with Gasteiger partial charge < -0.3 is 10.3 Å². The van der Waals surface area contributed by atoms with Crippen molar-refractivity contribution >= 4 is 50.0 Å². The highest BCUT2D eigenvalue weighted by Gasteiger charge is 2.06. The summed E-state index contributed by atoms with van der Waals surface area (Å²) >= 11 is 5.38. The van der Waals surface area contributed by atoms with Gasteiger partial charge in [-0.05, 0) is 53.3 Å². The van der Waals surface area contributed by atoms with E-state index in [1.54, 1.807) is 0 Å². The Bertz CT molecular complexity index is 612. The first-order chi connectivity index (χ1) is 8.08. The monoisotopic (exact) mass is 405 g/mol. The average Bonchev–Trinajstić information content (AvgIpc) is 2.28. The molecule has 0 aliphatic heterocycles. The minimum absolute atomic E-state index is 0.141. The van der Waals surface area contributed by atoms with Crippen molar-refractivity contribution in [3.8, 4) is 0 Å². The van der Waals surface area contributed by atoms with Gasteiger partial charge in [-0.1, -0.05) is 15.9 Å². The fourth-order valence-corrected chi connectivity index (χ4v) is 2.27. The molecule has 1 aromatic carbocycles. The zero-order valence-corrected chi connectivity index (χ0v) is 12.7. The summed E-state index contributed by atoms with van der Waals surface area (Å²) in [5.41, 5.74) is 1.87. The van der Waals surface area contributed by atoms with Gasteiger partial charge in [0.05, 0.1) is 6.33 Å². The molecule has 2 rings (SSSR count). The Labute approximate surface area is 120 Å². The van der Waals surface area contributed by atoms with Crippen molar-refractivity contribution in [1.29, 1.82) is 0 Å². The maximum Gasteiger partial charge on any atom is 0.266 e. The third-order valence-electron chi connectivity index (χ3n) is 2.24. The minimum atomic E-state index is -0.141. The molecular weight excluding hydrogens is 397 g/mol. The van der Waals surface area contributed by atoms with Gasteiger partial charge in [-0.2, -0.15) is 0 Å². The molecule has 0 saturated heterocycles. The molecule has 88 valence electrons. The van der Waals surface area contributed by atoms with Crippen LogP contribution in [-0.4, -0.2) is 9.97 Å². The molecule has 1 aromatic heterocycles. The SMILES string of the molecule is Cc1cc(Br)ccc1Nc1nc[nH]c(=O)c1I. The van der Waals surface area contributed by atoms with Crippen molar-refractivity contribution in [1.82, 2.24) is 9.97 Å². The van der Waals surface area contributed by atoms with Gasteiger partial charge in [0.1, 0.15) is 3.57 Å². The topological polar surface area (TPSA) is 57.8 Å². The first-order valence-electron chi connectivity index (χ1n) is 4.84. The molecule has 0 unspecified atom stereocenters. The molecule has 0 amide bonds. The predicted molar refractivity (Wildman–Crippen MR) is 79.7 cm³/mol. The highest BCUT2D eigenvalue weighted by molar-refractivity contribution is 14.1. The fourth-order valence-electron chi connectivity index (χ4n) is 1.37. The number of nitrogens with one attached hydrogen (secondary N) is 2. The van der Waals surface area contributed by atoms with Gasteiger partial charge in [0.15, 0.2) is 5.82 Å². The quantitative estimate of drug-likeness (QED) is 0.754. The average molecular weight is 406 g/mol. The number of anilines is 2. The van der Waals surface area contributed by atoms with Crippen LogP contribution in [0.15, 0.2) is 33.8 Å². The van der Waals surface area contributed by atoms with Crippen LogP contribution in [0, 0.1) is 10.5 Å². The normalized spacial score (nSPS) is 10.3. The number of hydrogen-bond donors (Lipinski definition) is 2. The molecule has 0 aliphatic carbocycles. The third-order valence-corrected chi connectivity index (χ3v) is 3.73. The zero-order valence-electron chi connectivity index (χ0n) is 8.92. The Hall–Kier alpha value is -0.890. The summed E-state index contributed by atoms with van der Waals surface area (Å²) in [5, 5.41) is 3.15. The Kier molecular flexibility index (Phi) is 3.82. The van der Waals surface area contributed by atoms with E-state index in [0.29, 0.717) is 9.39 Å². The van der Waals surface area contributed by atoms with E-state index >= 15 is 0 Å². The van der Waals surface area contributed by atoms with Crippen molar-refractivity contribution in [3.05, 3.63) is 48.5 Å². The van der Waals surface area contributed by atoms with E-state index in [1.807, 2.05) is 47.7 Å². The van der Waals surface area contributed by atoms with Crippen LogP contribution >= 0.6 is 38.5 Å². The van der Waals surface area contributed by atoms with Gasteiger partial charge in [-0.15, -0.1) is 0 Å². The lowest BCUT2D eigenvalue weighted by Crippen LogP contribution is -2.13. The second-order valence-corrected chi connectivity index (χ2v) is 5.47. The molecular formula is C11H9BrIN3O. The molecule has 6 heteroatoms. The van der Waals surface area contributed by atoms with E-state index in [-0.39, 0.29) is 5.56 Å². The molecule has 4 nitrogen and oxygen atoms in total. The van der Waals surface area contributed by atoms with Gasteiger partial charge in [0.25, 0.3) is 5.56 Å². The second kappa shape index (κ2) is 5.18. The van der Waals surface area contributed by atoms with Crippen LogP contribution in [0.25, 0.3) is 0 Å². The predicted octanol–water partition coefficient (Wildman–Crippen LogP) is 3.19. The number of aromatic amines is 1. The molecule has 0 bridgehead atoms. The van der Waals surface area contributed by atoms with Gasteiger partial charge >= 0.3 is 0 Å². The van der Waals surface area contributed by atoms with Crippen LogP contribution in [-0.2, 0) is 0 Å². The summed E-state index contributed by atoms with van der Waals surface area (Å²) in [6, 6.07) is 5.89. The number of nitrogens with zero attached hydrogens (tertiary/aromatic N) is 1. The van der Waals surface area contributed by atoms with Crippen molar-refractivity contribution in [2.75, 3.05) is 5.32 Å². The standard InChI is InChI=1S/C11H9BrIN3O/c1-6-4-7(12)2-3-8(6)16-10-9(13)11(17)15-5-14-10/h2-5H,1H3,(H2,14,15,16,17). The maximum atomic E-state index is 11.4. The Morgan fingerprint density at radius 1 is 1.47 bits per heavy atom. The van der Waals surface area contributed by atoms with Crippen molar-refractivity contribution in [2.24, 2.45) is 0 Å². The van der Waals surface area contributed by atoms with Gasteiger partial charge in [0.2, 0.25) is 0 Å². The van der Waals surface area contributed by atoms with E-state index in [0.717, 1.165) is 15.7 Å². The molecule has 0 aliphatic rings. The van der Waals surface area contributed by atoms with Crippen LogP contribution in [0.2, 0.25) is 0 Å². The first kappa shape index (κ1) is 12.6. The van der Waals surface area contributed by atoms with Crippen LogP contribution in [0.5, 0.6) is 0 Å². The zero-order chi connectivity index (χ0) is 12.4. The molecule has 2 N–H and O–H groups in total. The summed E-state index contributed by atoms with van der Waals surface area (Å²) < 4.78 is 1.57. The Balaban J connectivity index is 2.38. The molecule has 2 aromatic rings. The summed E-state index contributed by atoms with van der Waals surface area (Å²) in [4.78, 5) is 18.1. The Morgan fingerprint density at radius 3 is 2.94 bits per heavy atom. The summed E-state index contributed by atoms with van der Waals surface area (Å²) in [5.74, 6) is 0.569. The minimum Gasteiger partial charge on any atom is -0.339 e. The van der Waals surface area contributed by atoms with Crippen molar-refractivity contribution in [3.63, 3.8) is 0 Å². The van der Waals surface area contributed by atoms with Gasteiger partial charge in [0, 0.05) is 10.2 Å². The second-order valence-electron chi connectivity index (χ2n) is 3.48. The lowest BCUT2D eigenvalue weighted by molar-refractivity contribution is 1.10. The molecule has 0 radical (unpaired) electrons. The Morgan fingerprint density at radius 2 is 2.24 bits per heavy atom. The van der Waals surface area contributed by atoms with Gasteiger partial charge in [-0.25, -0.2) is 4.98 Å². The highest BCUT2D eigenvalue weighted by atomic mass is 127. The number of hydrogen-bond acceptors (Lipinski definition) is 3. The summed E-state index contributed by atoms with van der Waals surface area (Å²) in [6.07, 6.45) is 1.39. The molecule has 0 saturated carbocycles. The summed E-state index contributed by atoms with van der Waals surface area (Å²) in [7, 11) is 0. The first-order valence-corrected chi connectivity index (χ1v) is 6.71.